The SMILES string of the molecule is CC(=O)NC(Cc1cc(F)cc(F)c1)C(O)CNCc1ccc(Br)c(Br)c1. The quantitative estimate of drug-likeness (QED) is 0.512. The summed E-state index contributed by atoms with van der Waals surface area (Å²) >= 11 is 6.84. The molecule has 8 heteroatoms. The summed E-state index contributed by atoms with van der Waals surface area (Å²) in [5.74, 6) is -1.72. The van der Waals surface area contributed by atoms with Crippen LogP contribution in [0.5, 0.6) is 0 Å². The van der Waals surface area contributed by atoms with Crippen LogP contribution in [0.3, 0.4) is 0 Å². The average molecular weight is 506 g/mol. The molecule has 2 aromatic carbocycles. The van der Waals surface area contributed by atoms with E-state index in [-0.39, 0.29) is 18.9 Å². The fourth-order valence-corrected chi connectivity index (χ4v) is 3.36. The molecular weight excluding hydrogens is 486 g/mol. The molecule has 0 aliphatic heterocycles. The van der Waals surface area contributed by atoms with E-state index in [2.05, 4.69) is 42.5 Å². The number of benzene rings is 2. The number of nitrogens with one attached hydrogen (secondary N) is 2. The minimum absolute atomic E-state index is 0.112. The Bertz CT molecular complexity index is 785. The molecule has 2 unspecified atom stereocenters. The molecule has 4 nitrogen and oxygen atoms in total. The first-order chi connectivity index (χ1) is 12.7. The Balaban J connectivity index is 1.97. The largest absolute Gasteiger partial charge is 0.390 e. The molecule has 0 aromatic heterocycles. The van der Waals surface area contributed by atoms with Crippen molar-refractivity contribution in [2.75, 3.05) is 6.54 Å². The zero-order chi connectivity index (χ0) is 20.0. The van der Waals surface area contributed by atoms with Crippen molar-refractivity contribution in [1.82, 2.24) is 10.6 Å². The second kappa shape index (κ2) is 10.3. The lowest BCUT2D eigenvalue weighted by molar-refractivity contribution is -0.120. The zero-order valence-corrected chi connectivity index (χ0v) is 17.8. The second-order valence-electron chi connectivity index (χ2n) is 6.24. The molecule has 27 heavy (non-hydrogen) atoms. The molecule has 0 aliphatic carbocycles. The van der Waals surface area contributed by atoms with E-state index in [1.807, 2.05) is 18.2 Å². The second-order valence-corrected chi connectivity index (χ2v) is 7.94. The number of halogens is 4. The molecule has 0 saturated heterocycles. The summed E-state index contributed by atoms with van der Waals surface area (Å²) in [5, 5.41) is 16.2. The summed E-state index contributed by atoms with van der Waals surface area (Å²) in [6.45, 7) is 2.05. The van der Waals surface area contributed by atoms with Gasteiger partial charge in [0.1, 0.15) is 11.6 Å². The third-order valence-corrected chi connectivity index (χ3v) is 5.78. The van der Waals surface area contributed by atoms with Crippen molar-refractivity contribution < 1.29 is 18.7 Å². The Kier molecular flexibility index (Phi) is 8.34. The van der Waals surface area contributed by atoms with Crippen LogP contribution >= 0.6 is 31.9 Å². The molecule has 0 radical (unpaired) electrons. The number of hydrogen-bond acceptors (Lipinski definition) is 3. The number of amides is 1. The molecule has 0 spiro atoms. The van der Waals surface area contributed by atoms with Gasteiger partial charge in [0.25, 0.3) is 0 Å². The van der Waals surface area contributed by atoms with Crippen LogP contribution in [0, 0.1) is 11.6 Å². The highest BCUT2D eigenvalue weighted by Crippen LogP contribution is 2.23. The molecular formula is C19H20Br2F2N2O2. The Morgan fingerprint density at radius 2 is 1.74 bits per heavy atom. The van der Waals surface area contributed by atoms with Crippen LogP contribution in [0.1, 0.15) is 18.1 Å². The van der Waals surface area contributed by atoms with E-state index < -0.39 is 23.8 Å². The maximum absolute atomic E-state index is 13.4. The topological polar surface area (TPSA) is 61.4 Å². The van der Waals surface area contributed by atoms with Gasteiger partial charge in [0.2, 0.25) is 5.91 Å². The van der Waals surface area contributed by atoms with Crippen LogP contribution in [-0.4, -0.2) is 29.7 Å². The summed E-state index contributed by atoms with van der Waals surface area (Å²) in [5.41, 5.74) is 1.38. The van der Waals surface area contributed by atoms with Crippen LogP contribution in [0.25, 0.3) is 0 Å². The van der Waals surface area contributed by atoms with Gasteiger partial charge in [-0.25, -0.2) is 8.78 Å². The van der Waals surface area contributed by atoms with E-state index in [4.69, 9.17) is 0 Å². The molecule has 0 saturated carbocycles. The van der Waals surface area contributed by atoms with Gasteiger partial charge in [-0.05, 0) is 73.7 Å². The predicted octanol–water partition coefficient (Wildman–Crippen LogP) is 3.69. The lowest BCUT2D eigenvalue weighted by Gasteiger charge is -2.24. The van der Waals surface area contributed by atoms with E-state index in [0.717, 1.165) is 20.6 Å². The predicted molar refractivity (Wildman–Crippen MR) is 107 cm³/mol. The highest BCUT2D eigenvalue weighted by molar-refractivity contribution is 9.13. The summed E-state index contributed by atoms with van der Waals surface area (Å²) in [6.07, 6.45) is -0.819. The van der Waals surface area contributed by atoms with Gasteiger partial charge in [0, 0.05) is 35.0 Å². The van der Waals surface area contributed by atoms with Crippen LogP contribution < -0.4 is 10.6 Å². The van der Waals surface area contributed by atoms with Crippen molar-refractivity contribution in [2.24, 2.45) is 0 Å². The van der Waals surface area contributed by atoms with Crippen LogP contribution in [0.15, 0.2) is 45.3 Å². The van der Waals surface area contributed by atoms with E-state index in [1.165, 1.54) is 19.1 Å². The van der Waals surface area contributed by atoms with Crippen LogP contribution in [0.4, 0.5) is 8.78 Å². The molecule has 146 valence electrons. The number of hydrogen-bond donors (Lipinski definition) is 3. The number of carbonyl (C=O) groups excluding carboxylic acids is 1. The van der Waals surface area contributed by atoms with E-state index in [0.29, 0.717) is 12.1 Å². The van der Waals surface area contributed by atoms with Crippen molar-refractivity contribution in [2.45, 2.75) is 32.0 Å². The number of rotatable bonds is 8. The van der Waals surface area contributed by atoms with Crippen molar-refractivity contribution in [3.05, 3.63) is 68.1 Å². The molecule has 0 fully saturated rings. The Hall–Kier alpha value is -1.35. The smallest absolute Gasteiger partial charge is 0.217 e. The molecule has 3 N–H and O–H groups in total. The fourth-order valence-electron chi connectivity index (χ4n) is 2.68. The molecule has 1 amide bonds. The Morgan fingerprint density at radius 1 is 1.07 bits per heavy atom. The van der Waals surface area contributed by atoms with E-state index in [1.54, 1.807) is 0 Å². The van der Waals surface area contributed by atoms with E-state index in [9.17, 15) is 18.7 Å². The minimum Gasteiger partial charge on any atom is -0.390 e. The van der Waals surface area contributed by atoms with Crippen molar-refractivity contribution in [3.8, 4) is 0 Å². The fraction of sp³-hybridized carbons (Fsp3) is 0.316. The third-order valence-electron chi connectivity index (χ3n) is 3.90. The highest BCUT2D eigenvalue weighted by atomic mass is 79.9. The van der Waals surface area contributed by atoms with Gasteiger partial charge in [-0.1, -0.05) is 6.07 Å². The Labute approximate surface area is 173 Å². The highest BCUT2D eigenvalue weighted by Gasteiger charge is 2.21. The van der Waals surface area contributed by atoms with E-state index >= 15 is 0 Å². The van der Waals surface area contributed by atoms with Gasteiger partial charge in [0.15, 0.2) is 0 Å². The molecule has 2 aromatic rings. The lowest BCUT2D eigenvalue weighted by atomic mass is 10.0. The molecule has 2 rings (SSSR count). The van der Waals surface area contributed by atoms with Gasteiger partial charge < -0.3 is 15.7 Å². The summed E-state index contributed by atoms with van der Waals surface area (Å²) < 4.78 is 28.6. The lowest BCUT2D eigenvalue weighted by Crippen LogP contribution is -2.48. The molecule has 2 atom stereocenters. The Morgan fingerprint density at radius 3 is 2.33 bits per heavy atom. The van der Waals surface area contributed by atoms with Gasteiger partial charge in [-0.15, -0.1) is 0 Å². The van der Waals surface area contributed by atoms with Gasteiger partial charge in [-0.2, -0.15) is 0 Å². The summed E-state index contributed by atoms with van der Waals surface area (Å²) in [6, 6.07) is 8.29. The summed E-state index contributed by atoms with van der Waals surface area (Å²) in [4.78, 5) is 11.4. The normalized spacial score (nSPS) is 13.3. The first-order valence-corrected chi connectivity index (χ1v) is 9.88. The average Bonchev–Trinajstić information content (AvgIpc) is 2.56. The van der Waals surface area contributed by atoms with Gasteiger partial charge in [0.05, 0.1) is 12.1 Å². The zero-order valence-electron chi connectivity index (χ0n) is 14.6. The number of carbonyl (C=O) groups is 1. The number of aliphatic hydroxyl groups is 1. The maximum Gasteiger partial charge on any atom is 0.217 e. The maximum atomic E-state index is 13.4. The number of aliphatic hydroxyl groups excluding tert-OH is 1. The van der Waals surface area contributed by atoms with Crippen LogP contribution in [0.2, 0.25) is 0 Å². The molecule has 0 aliphatic rings. The first-order valence-electron chi connectivity index (χ1n) is 8.29. The van der Waals surface area contributed by atoms with Gasteiger partial charge >= 0.3 is 0 Å². The van der Waals surface area contributed by atoms with Crippen molar-refractivity contribution >= 4 is 37.8 Å². The van der Waals surface area contributed by atoms with Crippen molar-refractivity contribution in [3.63, 3.8) is 0 Å². The first kappa shape index (κ1) is 21.9. The third kappa shape index (κ3) is 7.29. The van der Waals surface area contributed by atoms with Gasteiger partial charge in [-0.3, -0.25) is 4.79 Å². The van der Waals surface area contributed by atoms with Crippen LogP contribution in [-0.2, 0) is 17.8 Å². The monoisotopic (exact) mass is 504 g/mol. The molecule has 0 bridgehead atoms. The minimum atomic E-state index is -0.931. The summed E-state index contributed by atoms with van der Waals surface area (Å²) in [7, 11) is 0. The van der Waals surface area contributed by atoms with Crippen molar-refractivity contribution in [1.29, 1.82) is 0 Å². The molecule has 0 heterocycles. The standard InChI is InChI=1S/C19H20Br2F2N2O2/c1-11(26)25-18(7-13-4-14(22)8-15(23)5-13)19(27)10-24-9-12-2-3-16(20)17(21)6-12/h2-6,8,18-19,24,27H,7,9-10H2,1H3,(H,25,26).